The maximum Gasteiger partial charge on any atom is 0.206 e. The molecule has 0 saturated heterocycles. The largest absolute Gasteiger partial charge is 0.497 e. The van der Waals surface area contributed by atoms with Gasteiger partial charge < -0.3 is 9.47 Å². The van der Waals surface area contributed by atoms with Gasteiger partial charge >= 0.3 is 0 Å². The Labute approximate surface area is 180 Å². The van der Waals surface area contributed by atoms with Crippen molar-refractivity contribution in [1.82, 2.24) is 4.68 Å². The number of thiazole rings is 1. The summed E-state index contributed by atoms with van der Waals surface area (Å²) in [6, 6.07) is 15.1. The molecule has 0 bridgehead atoms. The van der Waals surface area contributed by atoms with Crippen molar-refractivity contribution >= 4 is 17.6 Å². The fraction of sp³-hybridized carbons (Fsp3) is 0.261. The predicted molar refractivity (Wildman–Crippen MR) is 120 cm³/mol. The molecule has 3 rings (SSSR count). The van der Waals surface area contributed by atoms with Crippen LogP contribution in [0.2, 0.25) is 0 Å². The Bertz CT molecular complexity index is 1120. The van der Waals surface area contributed by atoms with Gasteiger partial charge in [0.2, 0.25) is 4.80 Å². The molecule has 0 radical (unpaired) electrons. The molecular weight excluding hydrogens is 396 g/mol. The molecule has 0 aliphatic carbocycles. The second-order valence-electron chi connectivity index (χ2n) is 6.50. The number of nitriles is 1. The summed E-state index contributed by atoms with van der Waals surface area (Å²) in [5.41, 5.74) is 3.26. The van der Waals surface area contributed by atoms with Crippen molar-refractivity contribution in [3.63, 3.8) is 0 Å². The minimum Gasteiger partial charge on any atom is -0.497 e. The van der Waals surface area contributed by atoms with E-state index in [0.29, 0.717) is 5.56 Å². The van der Waals surface area contributed by atoms with E-state index >= 15 is 0 Å². The van der Waals surface area contributed by atoms with Crippen molar-refractivity contribution in [3.8, 4) is 28.8 Å². The molecule has 0 amide bonds. The molecule has 1 aromatic heterocycles. The van der Waals surface area contributed by atoms with Crippen molar-refractivity contribution in [2.45, 2.75) is 19.8 Å². The van der Waals surface area contributed by atoms with Gasteiger partial charge in [0, 0.05) is 17.5 Å². The van der Waals surface area contributed by atoms with E-state index in [9.17, 15) is 0 Å². The van der Waals surface area contributed by atoms with Crippen molar-refractivity contribution < 1.29 is 9.47 Å². The number of ether oxygens (including phenoxy) is 2. The molecule has 0 fully saturated rings. The van der Waals surface area contributed by atoms with Crippen LogP contribution in [-0.2, 0) is 0 Å². The Kier molecular flexibility index (Phi) is 7.41. The number of hydrogen-bond acceptors (Lipinski definition) is 6. The molecular formula is C23H24N4O2S. The number of methoxy groups -OCH3 is 2. The Hall–Kier alpha value is -3.37. The van der Waals surface area contributed by atoms with E-state index in [0.717, 1.165) is 52.5 Å². The van der Waals surface area contributed by atoms with E-state index in [1.54, 1.807) is 32.6 Å². The third-order valence-electron chi connectivity index (χ3n) is 4.49. The average Bonchev–Trinajstić information content (AvgIpc) is 3.20. The number of aromatic nitrogens is 1. The van der Waals surface area contributed by atoms with Crippen LogP contribution >= 0.6 is 11.3 Å². The molecule has 2 aromatic carbocycles. The fourth-order valence-corrected chi connectivity index (χ4v) is 3.67. The lowest BCUT2D eigenvalue weighted by Gasteiger charge is -2.11. The van der Waals surface area contributed by atoms with Crippen molar-refractivity contribution in [3.05, 3.63) is 63.8 Å². The van der Waals surface area contributed by atoms with E-state index in [4.69, 9.17) is 24.8 Å². The molecule has 0 saturated carbocycles. The molecule has 0 unspecified atom stereocenters. The second kappa shape index (κ2) is 10.4. The van der Waals surface area contributed by atoms with Gasteiger partial charge in [0.15, 0.2) is 0 Å². The summed E-state index contributed by atoms with van der Waals surface area (Å²) < 4.78 is 12.8. The minimum atomic E-state index is 0.618. The molecule has 1 heterocycles. The summed E-state index contributed by atoms with van der Waals surface area (Å²) in [5, 5.41) is 15.7. The Morgan fingerprint density at radius 1 is 1.13 bits per heavy atom. The number of hydrogen-bond donors (Lipinski definition) is 0. The summed E-state index contributed by atoms with van der Waals surface area (Å²) in [6.45, 7) is 2.89. The SMILES string of the molecule is CCCCN=c1scc(-c2cc(OC)ccc2OC)n1/N=C\c1ccc(C#N)cc1. The third-order valence-corrected chi connectivity index (χ3v) is 5.34. The summed E-state index contributed by atoms with van der Waals surface area (Å²) in [7, 11) is 3.29. The Morgan fingerprint density at radius 2 is 1.93 bits per heavy atom. The van der Waals surface area contributed by atoms with Gasteiger partial charge in [-0.05, 0) is 42.3 Å². The zero-order valence-corrected chi connectivity index (χ0v) is 18.1. The summed E-state index contributed by atoms with van der Waals surface area (Å²) >= 11 is 1.54. The Balaban J connectivity index is 2.09. The van der Waals surface area contributed by atoms with E-state index < -0.39 is 0 Å². The first-order valence-corrected chi connectivity index (χ1v) is 10.6. The molecule has 0 atom stereocenters. The first-order valence-electron chi connectivity index (χ1n) is 9.68. The maximum absolute atomic E-state index is 8.98. The van der Waals surface area contributed by atoms with E-state index in [2.05, 4.69) is 13.0 Å². The molecule has 3 aromatic rings. The standard InChI is InChI=1S/C23H24N4O2S/c1-4-5-12-25-23-27(26-15-18-8-6-17(14-24)7-9-18)21(16-30-23)20-13-19(28-2)10-11-22(20)29-3/h6-11,13,15-16H,4-5,12H2,1-3H3/b25-23?,26-15-. The average molecular weight is 421 g/mol. The lowest BCUT2D eigenvalue weighted by molar-refractivity contribution is 0.404. The van der Waals surface area contributed by atoms with Gasteiger partial charge in [0.1, 0.15) is 11.5 Å². The molecule has 0 N–H and O–H groups in total. The van der Waals surface area contributed by atoms with Crippen LogP contribution in [0.3, 0.4) is 0 Å². The van der Waals surface area contributed by atoms with Crippen LogP contribution in [0.1, 0.15) is 30.9 Å². The van der Waals surface area contributed by atoms with E-state index in [1.165, 1.54) is 11.3 Å². The first-order chi connectivity index (χ1) is 14.7. The third kappa shape index (κ3) is 4.97. The monoisotopic (exact) mass is 420 g/mol. The minimum absolute atomic E-state index is 0.618. The number of nitrogens with zero attached hydrogens (tertiary/aromatic N) is 4. The number of benzene rings is 2. The number of rotatable bonds is 8. The zero-order chi connectivity index (χ0) is 21.3. The zero-order valence-electron chi connectivity index (χ0n) is 17.3. The molecule has 0 aliphatic rings. The van der Waals surface area contributed by atoms with Crippen molar-refractivity contribution in [1.29, 1.82) is 5.26 Å². The first kappa shape index (κ1) is 21.3. The van der Waals surface area contributed by atoms with Gasteiger partial charge in [-0.15, -0.1) is 11.3 Å². The molecule has 7 heteroatoms. The van der Waals surface area contributed by atoms with Crippen molar-refractivity contribution in [2.75, 3.05) is 20.8 Å². The van der Waals surface area contributed by atoms with E-state index in [1.807, 2.05) is 40.4 Å². The van der Waals surface area contributed by atoms with Gasteiger partial charge in [-0.25, -0.2) is 4.68 Å². The van der Waals surface area contributed by atoms with Crippen LogP contribution < -0.4 is 14.3 Å². The molecule has 0 spiro atoms. The number of unbranched alkanes of at least 4 members (excludes halogenated alkanes) is 1. The second-order valence-corrected chi connectivity index (χ2v) is 7.33. The molecule has 6 nitrogen and oxygen atoms in total. The molecule has 0 aliphatic heterocycles. The van der Waals surface area contributed by atoms with Crippen LogP contribution in [-0.4, -0.2) is 31.7 Å². The van der Waals surface area contributed by atoms with Gasteiger partial charge in [0.05, 0.1) is 37.8 Å². The van der Waals surface area contributed by atoms with Crippen LogP contribution in [0, 0.1) is 11.3 Å². The highest BCUT2D eigenvalue weighted by molar-refractivity contribution is 7.07. The summed E-state index contributed by atoms with van der Waals surface area (Å²) in [5.74, 6) is 1.47. The predicted octanol–water partition coefficient (Wildman–Crippen LogP) is 4.69. The highest BCUT2D eigenvalue weighted by atomic mass is 32.1. The highest BCUT2D eigenvalue weighted by Gasteiger charge is 2.14. The maximum atomic E-state index is 8.98. The van der Waals surface area contributed by atoms with Gasteiger partial charge in [-0.1, -0.05) is 25.5 Å². The van der Waals surface area contributed by atoms with E-state index in [-0.39, 0.29) is 0 Å². The molecule has 30 heavy (non-hydrogen) atoms. The topological polar surface area (TPSA) is 71.9 Å². The smallest absolute Gasteiger partial charge is 0.206 e. The lowest BCUT2D eigenvalue weighted by atomic mass is 10.1. The summed E-state index contributed by atoms with van der Waals surface area (Å²) in [4.78, 5) is 5.55. The van der Waals surface area contributed by atoms with Crippen LogP contribution in [0.4, 0.5) is 0 Å². The quantitative estimate of drug-likeness (QED) is 0.392. The molecule has 154 valence electrons. The van der Waals surface area contributed by atoms with Crippen molar-refractivity contribution in [2.24, 2.45) is 10.1 Å². The van der Waals surface area contributed by atoms with Gasteiger partial charge in [-0.2, -0.15) is 10.4 Å². The lowest BCUT2D eigenvalue weighted by Crippen LogP contribution is -2.13. The van der Waals surface area contributed by atoms with Gasteiger partial charge in [0.25, 0.3) is 0 Å². The van der Waals surface area contributed by atoms with Crippen LogP contribution in [0.15, 0.2) is 57.9 Å². The fourth-order valence-electron chi connectivity index (χ4n) is 2.82. The summed E-state index contributed by atoms with van der Waals surface area (Å²) in [6.07, 6.45) is 3.87. The van der Waals surface area contributed by atoms with Crippen LogP contribution in [0.5, 0.6) is 11.5 Å². The van der Waals surface area contributed by atoms with Crippen LogP contribution in [0.25, 0.3) is 11.3 Å². The van der Waals surface area contributed by atoms with Gasteiger partial charge in [-0.3, -0.25) is 4.99 Å². The Morgan fingerprint density at radius 3 is 2.60 bits per heavy atom. The highest BCUT2D eigenvalue weighted by Crippen LogP contribution is 2.33. The normalized spacial score (nSPS) is 11.6.